The molecule has 0 bridgehead atoms. The van der Waals surface area contributed by atoms with Gasteiger partial charge in [-0.2, -0.15) is 0 Å². The third-order valence-electron chi connectivity index (χ3n) is 3.70. The fourth-order valence-electron chi connectivity index (χ4n) is 2.49. The highest BCUT2D eigenvalue weighted by molar-refractivity contribution is 5.77. The van der Waals surface area contributed by atoms with Crippen LogP contribution in [0.1, 0.15) is 36.4 Å². The van der Waals surface area contributed by atoms with Gasteiger partial charge in [-0.15, -0.1) is 0 Å². The van der Waals surface area contributed by atoms with Gasteiger partial charge in [0.1, 0.15) is 5.82 Å². The van der Waals surface area contributed by atoms with Crippen molar-refractivity contribution in [2.24, 2.45) is 0 Å². The summed E-state index contributed by atoms with van der Waals surface area (Å²) in [5, 5.41) is 11.7. The maximum atomic E-state index is 13.0. The number of carboxylic acid groups (broad SMARTS) is 1. The SMILES string of the molecule is O=C(O)CC(NC(=O)CCCc1ccccc1)c1ccc(F)cc1. The van der Waals surface area contributed by atoms with Gasteiger partial charge in [-0.1, -0.05) is 42.5 Å². The number of benzene rings is 2. The van der Waals surface area contributed by atoms with E-state index in [1.54, 1.807) is 0 Å². The van der Waals surface area contributed by atoms with Gasteiger partial charge in [0, 0.05) is 6.42 Å². The molecule has 2 rings (SSSR count). The second-order valence-corrected chi connectivity index (χ2v) is 5.61. The van der Waals surface area contributed by atoms with E-state index in [1.807, 2.05) is 30.3 Å². The Labute approximate surface area is 140 Å². The summed E-state index contributed by atoms with van der Waals surface area (Å²) in [7, 11) is 0. The topological polar surface area (TPSA) is 66.4 Å². The van der Waals surface area contributed by atoms with Crippen LogP contribution in [0.4, 0.5) is 4.39 Å². The summed E-state index contributed by atoms with van der Waals surface area (Å²) in [6, 6.07) is 14.7. The molecule has 2 N–H and O–H groups in total. The highest BCUT2D eigenvalue weighted by Crippen LogP contribution is 2.18. The van der Waals surface area contributed by atoms with Crippen molar-refractivity contribution in [3.8, 4) is 0 Å². The number of hydrogen-bond acceptors (Lipinski definition) is 2. The van der Waals surface area contributed by atoms with Gasteiger partial charge in [0.2, 0.25) is 5.91 Å². The number of aliphatic carboxylic acids is 1. The van der Waals surface area contributed by atoms with Crippen LogP contribution in [0.25, 0.3) is 0 Å². The molecule has 4 nitrogen and oxygen atoms in total. The van der Waals surface area contributed by atoms with Crippen LogP contribution in [0.2, 0.25) is 0 Å². The molecule has 0 saturated heterocycles. The third-order valence-corrected chi connectivity index (χ3v) is 3.70. The zero-order valence-corrected chi connectivity index (χ0v) is 13.2. The van der Waals surface area contributed by atoms with Gasteiger partial charge >= 0.3 is 5.97 Å². The van der Waals surface area contributed by atoms with Gasteiger partial charge in [-0.3, -0.25) is 9.59 Å². The van der Waals surface area contributed by atoms with Gasteiger partial charge in [-0.05, 0) is 36.1 Å². The van der Waals surface area contributed by atoms with Gasteiger partial charge in [0.25, 0.3) is 0 Å². The Bertz CT molecular complexity index is 671. The summed E-state index contributed by atoms with van der Waals surface area (Å²) < 4.78 is 13.0. The molecule has 0 aliphatic carbocycles. The van der Waals surface area contributed by atoms with Crippen LogP contribution < -0.4 is 5.32 Å². The summed E-state index contributed by atoms with van der Waals surface area (Å²) in [4.78, 5) is 23.1. The Morgan fingerprint density at radius 1 is 1.04 bits per heavy atom. The molecule has 2 aromatic rings. The monoisotopic (exact) mass is 329 g/mol. The van der Waals surface area contributed by atoms with Gasteiger partial charge in [-0.25, -0.2) is 4.39 Å². The lowest BCUT2D eigenvalue weighted by atomic mass is 10.0. The third kappa shape index (κ3) is 5.83. The maximum absolute atomic E-state index is 13.0. The number of amides is 1. The van der Waals surface area contributed by atoms with Crippen LogP contribution in [0.15, 0.2) is 54.6 Å². The van der Waals surface area contributed by atoms with E-state index in [4.69, 9.17) is 5.11 Å². The molecule has 5 heteroatoms. The first-order valence-corrected chi connectivity index (χ1v) is 7.85. The number of rotatable bonds is 8. The summed E-state index contributed by atoms with van der Waals surface area (Å²) >= 11 is 0. The lowest BCUT2D eigenvalue weighted by molar-refractivity contribution is -0.137. The highest BCUT2D eigenvalue weighted by atomic mass is 19.1. The van der Waals surface area contributed by atoms with Crippen molar-refractivity contribution >= 4 is 11.9 Å². The summed E-state index contributed by atoms with van der Waals surface area (Å²) in [6.45, 7) is 0. The average Bonchev–Trinajstić information content (AvgIpc) is 2.55. The Balaban J connectivity index is 1.89. The molecule has 1 unspecified atom stereocenters. The Morgan fingerprint density at radius 2 is 1.71 bits per heavy atom. The summed E-state index contributed by atoms with van der Waals surface area (Å²) in [5.41, 5.74) is 1.74. The van der Waals surface area contributed by atoms with Crippen molar-refractivity contribution in [2.45, 2.75) is 31.7 Å². The fraction of sp³-hybridized carbons (Fsp3) is 0.263. The number of carbonyl (C=O) groups excluding carboxylic acids is 1. The molecule has 126 valence electrons. The van der Waals surface area contributed by atoms with Crippen molar-refractivity contribution in [1.29, 1.82) is 0 Å². The van der Waals surface area contributed by atoms with Crippen LogP contribution in [0, 0.1) is 5.82 Å². The second-order valence-electron chi connectivity index (χ2n) is 5.61. The first-order valence-electron chi connectivity index (χ1n) is 7.85. The van der Waals surface area contributed by atoms with Crippen LogP contribution in [0.5, 0.6) is 0 Å². The molecule has 1 amide bonds. The number of halogens is 1. The number of carbonyl (C=O) groups is 2. The molecule has 24 heavy (non-hydrogen) atoms. The lowest BCUT2D eigenvalue weighted by Gasteiger charge is -2.17. The van der Waals surface area contributed by atoms with E-state index in [0.717, 1.165) is 12.0 Å². The van der Waals surface area contributed by atoms with E-state index in [1.165, 1.54) is 24.3 Å². The van der Waals surface area contributed by atoms with Crippen LogP contribution >= 0.6 is 0 Å². The van der Waals surface area contributed by atoms with E-state index in [9.17, 15) is 14.0 Å². The molecule has 2 aromatic carbocycles. The Kier molecular flexibility index (Phi) is 6.49. The zero-order chi connectivity index (χ0) is 17.4. The Morgan fingerprint density at radius 3 is 2.33 bits per heavy atom. The average molecular weight is 329 g/mol. The molecular weight excluding hydrogens is 309 g/mol. The normalized spacial score (nSPS) is 11.7. The first kappa shape index (κ1) is 17.7. The van der Waals surface area contributed by atoms with E-state index in [2.05, 4.69) is 5.32 Å². The molecule has 0 aliphatic rings. The standard InChI is InChI=1S/C19H20FNO3/c20-16-11-9-15(10-12-16)17(13-19(23)24)21-18(22)8-4-7-14-5-2-1-3-6-14/h1-3,5-6,9-12,17H,4,7-8,13H2,(H,21,22)(H,23,24). The van der Waals surface area contributed by atoms with Crippen molar-refractivity contribution < 1.29 is 19.1 Å². The molecular formula is C19H20FNO3. The molecule has 0 aliphatic heterocycles. The van der Waals surface area contributed by atoms with Crippen molar-refractivity contribution in [3.63, 3.8) is 0 Å². The van der Waals surface area contributed by atoms with Gasteiger partial charge < -0.3 is 10.4 Å². The van der Waals surface area contributed by atoms with E-state index in [0.29, 0.717) is 18.4 Å². The van der Waals surface area contributed by atoms with E-state index >= 15 is 0 Å². The Hall–Kier alpha value is -2.69. The minimum absolute atomic E-state index is 0.207. The predicted octanol–water partition coefficient (Wildman–Crippen LogP) is 3.48. The predicted molar refractivity (Wildman–Crippen MR) is 88.9 cm³/mol. The lowest BCUT2D eigenvalue weighted by Crippen LogP contribution is -2.30. The maximum Gasteiger partial charge on any atom is 0.305 e. The number of hydrogen-bond donors (Lipinski definition) is 2. The second kappa shape index (κ2) is 8.82. The summed E-state index contributed by atoms with van der Waals surface area (Å²) in [5.74, 6) is -1.63. The summed E-state index contributed by atoms with van der Waals surface area (Å²) in [6.07, 6.45) is 1.54. The molecule has 0 spiro atoms. The smallest absolute Gasteiger partial charge is 0.305 e. The molecule has 0 fully saturated rings. The first-order chi connectivity index (χ1) is 11.5. The minimum atomic E-state index is -1.02. The van der Waals surface area contributed by atoms with Crippen molar-refractivity contribution in [1.82, 2.24) is 5.32 Å². The fourth-order valence-corrected chi connectivity index (χ4v) is 2.49. The van der Waals surface area contributed by atoms with Crippen LogP contribution in [-0.4, -0.2) is 17.0 Å². The van der Waals surface area contributed by atoms with Crippen LogP contribution in [0.3, 0.4) is 0 Å². The largest absolute Gasteiger partial charge is 0.481 e. The highest BCUT2D eigenvalue weighted by Gasteiger charge is 2.18. The molecule has 0 radical (unpaired) electrons. The molecule has 0 aromatic heterocycles. The van der Waals surface area contributed by atoms with Gasteiger partial charge in [0.05, 0.1) is 12.5 Å². The number of aryl methyl sites for hydroxylation is 1. The van der Waals surface area contributed by atoms with Crippen molar-refractivity contribution in [3.05, 3.63) is 71.5 Å². The molecule has 1 atom stereocenters. The quantitative estimate of drug-likeness (QED) is 0.779. The van der Waals surface area contributed by atoms with E-state index in [-0.39, 0.29) is 12.3 Å². The zero-order valence-electron chi connectivity index (χ0n) is 13.2. The van der Waals surface area contributed by atoms with E-state index < -0.39 is 17.8 Å². The van der Waals surface area contributed by atoms with Crippen LogP contribution in [-0.2, 0) is 16.0 Å². The van der Waals surface area contributed by atoms with Gasteiger partial charge in [0.15, 0.2) is 0 Å². The number of carboxylic acids is 1. The number of nitrogens with one attached hydrogen (secondary N) is 1. The van der Waals surface area contributed by atoms with Crippen molar-refractivity contribution in [2.75, 3.05) is 0 Å². The molecule has 0 saturated carbocycles. The minimum Gasteiger partial charge on any atom is -0.481 e. The molecule has 0 heterocycles.